The summed E-state index contributed by atoms with van der Waals surface area (Å²) in [5.74, 6) is -0.455. The van der Waals surface area contributed by atoms with Gasteiger partial charge in [0.05, 0.1) is 0 Å². The largest absolute Gasteiger partial charge is 0.336 e. The first-order valence-corrected chi connectivity index (χ1v) is 8.00. The lowest BCUT2D eigenvalue weighted by molar-refractivity contribution is -0.124. The van der Waals surface area contributed by atoms with Crippen LogP contribution in [0.1, 0.15) is 29.8 Å². The molecule has 8 heteroatoms. The molecule has 0 aliphatic carbocycles. The van der Waals surface area contributed by atoms with E-state index in [9.17, 15) is 14.4 Å². The van der Waals surface area contributed by atoms with Crippen molar-refractivity contribution in [2.75, 3.05) is 26.2 Å². The molecule has 1 aromatic rings. The Bertz CT molecular complexity index is 674. The van der Waals surface area contributed by atoms with E-state index in [4.69, 9.17) is 0 Å². The van der Waals surface area contributed by atoms with Crippen LogP contribution < -0.4 is 5.43 Å². The Morgan fingerprint density at radius 1 is 1.00 bits per heavy atom. The molecule has 0 atom stereocenters. The summed E-state index contributed by atoms with van der Waals surface area (Å²) in [6, 6.07) is 5.24. The highest BCUT2D eigenvalue weighted by atomic mass is 16.2. The second-order valence-corrected chi connectivity index (χ2v) is 5.75. The van der Waals surface area contributed by atoms with E-state index in [0.29, 0.717) is 50.4 Å². The molecule has 3 heterocycles. The van der Waals surface area contributed by atoms with Gasteiger partial charge >= 0.3 is 0 Å². The molecule has 2 aliphatic rings. The maximum atomic E-state index is 12.5. The summed E-state index contributed by atoms with van der Waals surface area (Å²) in [5, 5.41) is 3.85. The van der Waals surface area contributed by atoms with E-state index in [0.717, 1.165) is 0 Å². The third-order valence-electron chi connectivity index (χ3n) is 4.11. The summed E-state index contributed by atoms with van der Waals surface area (Å²) in [6.07, 6.45) is 2.93. The van der Waals surface area contributed by atoms with Crippen molar-refractivity contribution in [3.05, 3.63) is 30.1 Å². The van der Waals surface area contributed by atoms with Crippen molar-refractivity contribution in [1.82, 2.24) is 20.2 Å². The number of hydrazone groups is 1. The summed E-state index contributed by atoms with van der Waals surface area (Å²) >= 11 is 0. The molecule has 1 N–H and O–H groups in total. The Balaban J connectivity index is 1.62. The van der Waals surface area contributed by atoms with Gasteiger partial charge < -0.3 is 9.80 Å². The summed E-state index contributed by atoms with van der Waals surface area (Å²) in [6.45, 7) is 2.06. The molecule has 0 aromatic carbocycles. The third kappa shape index (κ3) is 3.58. The Labute approximate surface area is 139 Å². The minimum absolute atomic E-state index is 0.118. The molecule has 0 radical (unpaired) electrons. The lowest BCUT2D eigenvalue weighted by Crippen LogP contribution is -2.42. The number of nitrogens with zero attached hydrogens (tertiary/aromatic N) is 4. The van der Waals surface area contributed by atoms with Gasteiger partial charge in [-0.1, -0.05) is 6.07 Å². The molecule has 1 fully saturated rings. The van der Waals surface area contributed by atoms with Crippen LogP contribution >= 0.6 is 0 Å². The third-order valence-corrected chi connectivity index (χ3v) is 4.11. The maximum Gasteiger partial charge on any atom is 0.272 e. The Morgan fingerprint density at radius 3 is 2.38 bits per heavy atom. The van der Waals surface area contributed by atoms with Gasteiger partial charge in [-0.15, -0.1) is 0 Å². The zero-order chi connectivity index (χ0) is 16.9. The summed E-state index contributed by atoms with van der Waals surface area (Å²) in [7, 11) is 0. The van der Waals surface area contributed by atoms with Crippen LogP contribution in [0.15, 0.2) is 29.5 Å². The molecule has 0 bridgehead atoms. The van der Waals surface area contributed by atoms with Crippen LogP contribution in [-0.2, 0) is 9.59 Å². The standard InChI is InChI=1S/C16H19N5O3/c22-14-6-5-13(18-19-14)16(24)21-9-3-8-20(10-11-21)15(23)12-4-1-2-7-17-12/h1-2,4,7H,3,5-6,8-11H2,(H,19,22). The number of amides is 3. The van der Waals surface area contributed by atoms with E-state index < -0.39 is 0 Å². The first-order chi connectivity index (χ1) is 11.6. The zero-order valence-electron chi connectivity index (χ0n) is 13.3. The summed E-state index contributed by atoms with van der Waals surface area (Å²) < 4.78 is 0. The predicted octanol–water partition coefficient (Wildman–Crippen LogP) is 0.0221. The van der Waals surface area contributed by atoms with Crippen LogP contribution in [0.5, 0.6) is 0 Å². The number of carbonyl (C=O) groups excluding carboxylic acids is 3. The van der Waals surface area contributed by atoms with E-state index in [1.165, 1.54) is 0 Å². The van der Waals surface area contributed by atoms with Gasteiger partial charge in [-0.3, -0.25) is 19.4 Å². The molecule has 3 amide bonds. The van der Waals surface area contributed by atoms with E-state index in [1.54, 1.807) is 34.2 Å². The number of aromatic nitrogens is 1. The molecular formula is C16H19N5O3. The van der Waals surface area contributed by atoms with Gasteiger partial charge in [0.2, 0.25) is 5.91 Å². The highest BCUT2D eigenvalue weighted by Crippen LogP contribution is 2.10. The smallest absolute Gasteiger partial charge is 0.272 e. The Kier molecular flexibility index (Phi) is 4.83. The van der Waals surface area contributed by atoms with Crippen LogP contribution in [0, 0.1) is 0 Å². The number of hydrogen-bond donors (Lipinski definition) is 1. The van der Waals surface area contributed by atoms with E-state index in [-0.39, 0.29) is 24.1 Å². The molecule has 3 rings (SSSR count). The Morgan fingerprint density at radius 2 is 1.75 bits per heavy atom. The number of rotatable bonds is 2. The van der Waals surface area contributed by atoms with Gasteiger partial charge in [0.1, 0.15) is 11.4 Å². The topological polar surface area (TPSA) is 95.0 Å². The van der Waals surface area contributed by atoms with E-state index in [2.05, 4.69) is 15.5 Å². The number of pyridine rings is 1. The van der Waals surface area contributed by atoms with Crippen LogP contribution in [0.4, 0.5) is 0 Å². The fourth-order valence-electron chi connectivity index (χ4n) is 2.79. The van der Waals surface area contributed by atoms with Gasteiger partial charge in [-0.2, -0.15) is 5.10 Å². The molecule has 8 nitrogen and oxygen atoms in total. The molecule has 24 heavy (non-hydrogen) atoms. The van der Waals surface area contributed by atoms with Crippen LogP contribution in [-0.4, -0.2) is 64.4 Å². The van der Waals surface area contributed by atoms with Crippen molar-refractivity contribution >= 4 is 23.4 Å². The minimum Gasteiger partial charge on any atom is -0.336 e. The van der Waals surface area contributed by atoms with Crippen LogP contribution in [0.25, 0.3) is 0 Å². The van der Waals surface area contributed by atoms with Crippen molar-refractivity contribution in [1.29, 1.82) is 0 Å². The van der Waals surface area contributed by atoms with Crippen molar-refractivity contribution in [3.8, 4) is 0 Å². The number of hydrogen-bond acceptors (Lipinski definition) is 5. The number of nitrogens with one attached hydrogen (secondary N) is 1. The van der Waals surface area contributed by atoms with E-state index in [1.807, 2.05) is 0 Å². The second kappa shape index (κ2) is 7.20. The monoisotopic (exact) mass is 329 g/mol. The lowest BCUT2D eigenvalue weighted by atomic mass is 10.1. The second-order valence-electron chi connectivity index (χ2n) is 5.75. The highest BCUT2D eigenvalue weighted by molar-refractivity contribution is 6.39. The first kappa shape index (κ1) is 16.1. The average Bonchev–Trinajstić information content (AvgIpc) is 2.88. The van der Waals surface area contributed by atoms with Crippen molar-refractivity contribution in [2.24, 2.45) is 5.10 Å². The molecule has 126 valence electrons. The van der Waals surface area contributed by atoms with Gasteiger partial charge in [0, 0.05) is 45.2 Å². The normalized spacial score (nSPS) is 18.5. The molecular weight excluding hydrogens is 310 g/mol. The summed E-state index contributed by atoms with van der Waals surface area (Å²) in [5.41, 5.74) is 3.13. The minimum atomic E-state index is -0.172. The zero-order valence-corrected chi connectivity index (χ0v) is 13.3. The first-order valence-electron chi connectivity index (χ1n) is 8.00. The van der Waals surface area contributed by atoms with Gasteiger partial charge in [-0.25, -0.2) is 5.43 Å². The summed E-state index contributed by atoms with van der Waals surface area (Å²) in [4.78, 5) is 43.6. The molecule has 0 saturated carbocycles. The van der Waals surface area contributed by atoms with Gasteiger partial charge in [0.25, 0.3) is 11.8 Å². The highest BCUT2D eigenvalue weighted by Gasteiger charge is 2.27. The Hall–Kier alpha value is -2.77. The number of carbonyl (C=O) groups is 3. The molecule has 2 aliphatic heterocycles. The van der Waals surface area contributed by atoms with Crippen molar-refractivity contribution in [2.45, 2.75) is 19.3 Å². The van der Waals surface area contributed by atoms with Gasteiger partial charge in [0.15, 0.2) is 0 Å². The fraction of sp³-hybridized carbons (Fsp3) is 0.438. The fourth-order valence-corrected chi connectivity index (χ4v) is 2.79. The van der Waals surface area contributed by atoms with Crippen molar-refractivity contribution in [3.63, 3.8) is 0 Å². The van der Waals surface area contributed by atoms with Crippen LogP contribution in [0.3, 0.4) is 0 Å². The molecule has 1 aromatic heterocycles. The van der Waals surface area contributed by atoms with Crippen molar-refractivity contribution < 1.29 is 14.4 Å². The quantitative estimate of drug-likeness (QED) is 0.827. The van der Waals surface area contributed by atoms with E-state index >= 15 is 0 Å². The molecule has 1 saturated heterocycles. The lowest BCUT2D eigenvalue weighted by Gasteiger charge is -2.23. The van der Waals surface area contributed by atoms with Crippen LogP contribution in [0.2, 0.25) is 0 Å². The van der Waals surface area contributed by atoms with Gasteiger partial charge in [-0.05, 0) is 18.6 Å². The average molecular weight is 329 g/mol. The SMILES string of the molecule is O=C1CCC(C(=O)N2CCCN(C(=O)c3ccccn3)CC2)=NN1. The maximum absolute atomic E-state index is 12.5. The predicted molar refractivity (Wildman–Crippen MR) is 86.1 cm³/mol. The molecule has 0 unspecified atom stereocenters. The molecule has 0 spiro atoms.